The van der Waals surface area contributed by atoms with Crippen molar-refractivity contribution in [3.05, 3.63) is 46.7 Å². The Bertz CT molecular complexity index is 690. The van der Waals surface area contributed by atoms with Gasteiger partial charge in [0.05, 0.1) is 5.56 Å². The molecule has 2 heterocycles. The predicted octanol–water partition coefficient (Wildman–Crippen LogP) is 2.21. The van der Waals surface area contributed by atoms with Gasteiger partial charge in [-0.2, -0.15) is 0 Å². The third kappa shape index (κ3) is 3.86. The number of halogens is 1. The molecule has 23 heavy (non-hydrogen) atoms. The average Bonchev–Trinajstić information content (AvgIpc) is 2.81. The molecule has 1 saturated heterocycles. The Kier molecular flexibility index (Phi) is 4.88. The van der Waals surface area contributed by atoms with Crippen LogP contribution in [-0.2, 0) is 6.54 Å². The zero-order valence-corrected chi connectivity index (χ0v) is 13.6. The number of carbonyl (C=O) groups excluding carboxylic acids is 1. The molecule has 1 aliphatic heterocycles. The Morgan fingerprint density at radius 1 is 1.26 bits per heavy atom. The summed E-state index contributed by atoms with van der Waals surface area (Å²) < 4.78 is 13.8. The van der Waals surface area contributed by atoms with Crippen LogP contribution in [0.25, 0.3) is 0 Å². The van der Waals surface area contributed by atoms with E-state index in [2.05, 4.69) is 9.88 Å². The SMILES string of the molecule is Nc1ncc(CN2CCCN(C(=O)c3ccccc3F)CC2)s1. The van der Waals surface area contributed by atoms with Crippen molar-refractivity contribution in [2.45, 2.75) is 13.0 Å². The lowest BCUT2D eigenvalue weighted by atomic mass is 10.2. The lowest BCUT2D eigenvalue weighted by Crippen LogP contribution is -2.35. The van der Waals surface area contributed by atoms with Gasteiger partial charge < -0.3 is 10.6 Å². The molecule has 2 N–H and O–H groups in total. The Labute approximate surface area is 138 Å². The molecule has 1 aromatic heterocycles. The summed E-state index contributed by atoms with van der Waals surface area (Å²) in [4.78, 5) is 21.7. The molecule has 1 fully saturated rings. The number of nitrogen functional groups attached to an aromatic ring is 1. The highest BCUT2D eigenvalue weighted by Gasteiger charge is 2.22. The summed E-state index contributed by atoms with van der Waals surface area (Å²) in [6.07, 6.45) is 2.67. The molecule has 7 heteroatoms. The van der Waals surface area contributed by atoms with Crippen LogP contribution >= 0.6 is 11.3 Å². The fourth-order valence-corrected chi connectivity index (χ4v) is 3.48. The minimum absolute atomic E-state index is 0.149. The Morgan fingerprint density at radius 3 is 2.83 bits per heavy atom. The smallest absolute Gasteiger partial charge is 0.256 e. The van der Waals surface area contributed by atoms with Gasteiger partial charge in [0.25, 0.3) is 5.91 Å². The molecule has 5 nitrogen and oxygen atoms in total. The second-order valence-electron chi connectivity index (χ2n) is 5.57. The fourth-order valence-electron chi connectivity index (χ4n) is 2.75. The third-order valence-corrected chi connectivity index (χ3v) is 4.74. The summed E-state index contributed by atoms with van der Waals surface area (Å²) in [5.41, 5.74) is 5.80. The normalized spacial score (nSPS) is 16.3. The molecule has 0 spiro atoms. The van der Waals surface area contributed by atoms with Crippen LogP contribution in [0.1, 0.15) is 21.7 Å². The second-order valence-corrected chi connectivity index (χ2v) is 6.71. The molecule has 0 unspecified atom stereocenters. The average molecular weight is 334 g/mol. The maximum atomic E-state index is 13.8. The first-order valence-corrected chi connectivity index (χ1v) is 8.41. The quantitative estimate of drug-likeness (QED) is 0.935. The number of rotatable bonds is 3. The van der Waals surface area contributed by atoms with E-state index in [0.29, 0.717) is 18.2 Å². The number of benzene rings is 1. The summed E-state index contributed by atoms with van der Waals surface area (Å²) in [5, 5.41) is 0.575. The number of thiazole rings is 1. The van der Waals surface area contributed by atoms with Gasteiger partial charge in [0.1, 0.15) is 5.82 Å². The van der Waals surface area contributed by atoms with Gasteiger partial charge in [-0.3, -0.25) is 9.69 Å². The van der Waals surface area contributed by atoms with Crippen molar-refractivity contribution in [1.29, 1.82) is 0 Å². The number of aromatic nitrogens is 1. The summed E-state index contributed by atoms with van der Waals surface area (Å²) in [5.74, 6) is -0.689. The van der Waals surface area contributed by atoms with Crippen LogP contribution in [0.2, 0.25) is 0 Å². The molecular weight excluding hydrogens is 315 g/mol. The lowest BCUT2D eigenvalue weighted by molar-refractivity contribution is 0.0756. The van der Waals surface area contributed by atoms with E-state index in [1.807, 2.05) is 0 Å². The number of amides is 1. The standard InChI is InChI=1S/C16H19FN4OS/c17-14-5-2-1-4-13(14)15(22)21-7-3-6-20(8-9-21)11-12-10-19-16(18)23-12/h1-2,4-5,10H,3,6-9,11H2,(H2,18,19). The molecule has 1 aliphatic rings. The number of carbonyl (C=O) groups is 1. The van der Waals surface area contributed by atoms with Crippen LogP contribution in [0.4, 0.5) is 9.52 Å². The zero-order chi connectivity index (χ0) is 16.2. The highest BCUT2D eigenvalue weighted by Crippen LogP contribution is 2.18. The van der Waals surface area contributed by atoms with Crippen molar-refractivity contribution in [1.82, 2.24) is 14.8 Å². The molecule has 1 amide bonds. The largest absolute Gasteiger partial charge is 0.375 e. The Balaban J connectivity index is 1.62. The maximum absolute atomic E-state index is 13.8. The predicted molar refractivity (Wildman–Crippen MR) is 88.7 cm³/mol. The third-order valence-electron chi connectivity index (χ3n) is 3.93. The Hall–Kier alpha value is -1.99. The fraction of sp³-hybridized carbons (Fsp3) is 0.375. The molecule has 1 aromatic carbocycles. The highest BCUT2D eigenvalue weighted by molar-refractivity contribution is 7.15. The molecule has 0 radical (unpaired) electrons. The minimum atomic E-state index is -0.460. The summed E-state index contributed by atoms with van der Waals surface area (Å²) in [6, 6.07) is 6.15. The minimum Gasteiger partial charge on any atom is -0.375 e. The van der Waals surface area contributed by atoms with Crippen LogP contribution in [0.3, 0.4) is 0 Å². The second kappa shape index (κ2) is 7.06. The molecule has 0 aliphatic carbocycles. The monoisotopic (exact) mass is 334 g/mol. The number of hydrogen-bond acceptors (Lipinski definition) is 5. The first kappa shape index (κ1) is 15.9. The van der Waals surface area contributed by atoms with Gasteiger partial charge in [0.15, 0.2) is 5.13 Å². The zero-order valence-electron chi connectivity index (χ0n) is 12.7. The topological polar surface area (TPSA) is 62.5 Å². The van der Waals surface area contributed by atoms with Crippen molar-refractivity contribution in [3.63, 3.8) is 0 Å². The van der Waals surface area contributed by atoms with E-state index in [-0.39, 0.29) is 11.5 Å². The summed E-state index contributed by atoms with van der Waals surface area (Å²) in [6.45, 7) is 3.70. The van der Waals surface area contributed by atoms with Crippen LogP contribution < -0.4 is 5.73 Å². The van der Waals surface area contributed by atoms with E-state index in [1.54, 1.807) is 29.3 Å². The summed E-state index contributed by atoms with van der Waals surface area (Å²) >= 11 is 1.49. The van der Waals surface area contributed by atoms with Crippen molar-refractivity contribution >= 4 is 22.4 Å². The van der Waals surface area contributed by atoms with E-state index in [1.165, 1.54) is 17.4 Å². The first-order valence-electron chi connectivity index (χ1n) is 7.60. The molecular formula is C16H19FN4OS. The first-order chi connectivity index (χ1) is 11.1. The van der Waals surface area contributed by atoms with E-state index in [0.717, 1.165) is 30.9 Å². The molecule has 2 aromatic rings. The molecule has 0 atom stereocenters. The van der Waals surface area contributed by atoms with E-state index < -0.39 is 5.82 Å². The molecule has 0 saturated carbocycles. The van der Waals surface area contributed by atoms with E-state index in [4.69, 9.17) is 5.73 Å². The van der Waals surface area contributed by atoms with Crippen LogP contribution in [0.15, 0.2) is 30.5 Å². The van der Waals surface area contributed by atoms with Gasteiger partial charge in [-0.05, 0) is 18.6 Å². The maximum Gasteiger partial charge on any atom is 0.256 e. The van der Waals surface area contributed by atoms with Gasteiger partial charge in [-0.1, -0.05) is 12.1 Å². The van der Waals surface area contributed by atoms with Gasteiger partial charge in [-0.25, -0.2) is 9.37 Å². The number of hydrogen-bond donors (Lipinski definition) is 1. The van der Waals surface area contributed by atoms with Crippen molar-refractivity contribution < 1.29 is 9.18 Å². The van der Waals surface area contributed by atoms with Crippen molar-refractivity contribution in [3.8, 4) is 0 Å². The summed E-state index contributed by atoms with van der Waals surface area (Å²) in [7, 11) is 0. The van der Waals surface area contributed by atoms with Crippen LogP contribution in [0.5, 0.6) is 0 Å². The Morgan fingerprint density at radius 2 is 2.09 bits per heavy atom. The van der Waals surface area contributed by atoms with Gasteiger partial charge >= 0.3 is 0 Å². The molecule has 0 bridgehead atoms. The lowest BCUT2D eigenvalue weighted by Gasteiger charge is -2.21. The van der Waals surface area contributed by atoms with Gasteiger partial charge in [0.2, 0.25) is 0 Å². The van der Waals surface area contributed by atoms with Crippen molar-refractivity contribution in [2.75, 3.05) is 31.9 Å². The van der Waals surface area contributed by atoms with E-state index >= 15 is 0 Å². The van der Waals surface area contributed by atoms with E-state index in [9.17, 15) is 9.18 Å². The number of anilines is 1. The van der Waals surface area contributed by atoms with Crippen molar-refractivity contribution in [2.24, 2.45) is 0 Å². The number of nitrogens with zero attached hydrogens (tertiary/aromatic N) is 3. The molecule has 3 rings (SSSR count). The van der Waals surface area contributed by atoms with Gasteiger partial charge in [-0.15, -0.1) is 11.3 Å². The van der Waals surface area contributed by atoms with Gasteiger partial charge in [0, 0.05) is 43.8 Å². The van der Waals surface area contributed by atoms with Crippen LogP contribution in [0, 0.1) is 5.82 Å². The number of nitrogens with two attached hydrogens (primary N) is 1. The molecule has 122 valence electrons. The van der Waals surface area contributed by atoms with Crippen LogP contribution in [-0.4, -0.2) is 46.9 Å². The highest BCUT2D eigenvalue weighted by atomic mass is 32.1.